The number of rotatable bonds is 3. The van der Waals surface area contributed by atoms with Gasteiger partial charge in [0.15, 0.2) is 0 Å². The van der Waals surface area contributed by atoms with Crippen LogP contribution in [0.5, 0.6) is 0 Å². The van der Waals surface area contributed by atoms with E-state index >= 15 is 0 Å². The minimum atomic E-state index is -0.581. The van der Waals surface area contributed by atoms with Crippen LogP contribution in [-0.4, -0.2) is 36.0 Å². The summed E-state index contributed by atoms with van der Waals surface area (Å²) in [6, 6.07) is 3.85. The van der Waals surface area contributed by atoms with E-state index in [0.717, 1.165) is 38.7 Å². The van der Waals surface area contributed by atoms with Crippen molar-refractivity contribution >= 4 is 5.69 Å². The first-order valence-corrected chi connectivity index (χ1v) is 6.03. The lowest BCUT2D eigenvalue weighted by atomic mass is 10.1. The first kappa shape index (κ1) is 12.9. The van der Waals surface area contributed by atoms with Gasteiger partial charge in [-0.05, 0) is 25.6 Å². The van der Waals surface area contributed by atoms with E-state index in [2.05, 4.69) is 10.2 Å². The Labute approximate surface area is 105 Å². The molecular formula is C12H16FN3O2. The van der Waals surface area contributed by atoms with E-state index in [1.807, 2.05) is 0 Å². The van der Waals surface area contributed by atoms with Crippen LogP contribution < -0.4 is 5.32 Å². The summed E-state index contributed by atoms with van der Waals surface area (Å²) in [7, 11) is 0. The first-order valence-electron chi connectivity index (χ1n) is 6.03. The summed E-state index contributed by atoms with van der Waals surface area (Å²) in [4.78, 5) is 12.1. The third-order valence-electron chi connectivity index (χ3n) is 3.07. The lowest BCUT2D eigenvalue weighted by molar-refractivity contribution is -0.385. The maximum atomic E-state index is 13.7. The van der Waals surface area contributed by atoms with Crippen LogP contribution >= 0.6 is 0 Å². The third kappa shape index (κ3) is 3.24. The lowest BCUT2D eigenvalue weighted by Gasteiger charge is -2.19. The molecule has 0 atom stereocenters. The number of halogens is 1. The first-order chi connectivity index (χ1) is 8.66. The van der Waals surface area contributed by atoms with E-state index in [1.165, 1.54) is 12.1 Å². The average molecular weight is 253 g/mol. The van der Waals surface area contributed by atoms with Gasteiger partial charge >= 0.3 is 0 Å². The molecule has 0 unspecified atom stereocenters. The number of hydrogen-bond acceptors (Lipinski definition) is 4. The van der Waals surface area contributed by atoms with Crippen molar-refractivity contribution in [3.8, 4) is 0 Å². The molecule has 1 aliphatic heterocycles. The highest BCUT2D eigenvalue weighted by Crippen LogP contribution is 2.18. The molecule has 0 amide bonds. The second kappa shape index (κ2) is 5.88. The summed E-state index contributed by atoms with van der Waals surface area (Å²) in [5.41, 5.74) is 0.316. The number of nitrogens with one attached hydrogen (secondary N) is 1. The Morgan fingerprint density at radius 2 is 2.22 bits per heavy atom. The normalized spacial score (nSPS) is 17.4. The molecule has 0 radical (unpaired) electrons. The Morgan fingerprint density at radius 3 is 2.94 bits per heavy atom. The zero-order chi connectivity index (χ0) is 13.0. The van der Waals surface area contributed by atoms with Gasteiger partial charge in [0.05, 0.1) is 11.0 Å². The molecule has 2 rings (SSSR count). The van der Waals surface area contributed by atoms with Gasteiger partial charge in [-0.3, -0.25) is 15.0 Å². The molecule has 1 aromatic carbocycles. The number of hydrogen-bond donors (Lipinski definition) is 1. The lowest BCUT2D eigenvalue weighted by Crippen LogP contribution is -2.28. The van der Waals surface area contributed by atoms with Gasteiger partial charge in [-0.25, -0.2) is 4.39 Å². The number of nitrogens with zero attached hydrogens (tertiary/aromatic N) is 2. The maximum absolute atomic E-state index is 13.7. The minimum absolute atomic E-state index is 0.200. The molecule has 0 bridgehead atoms. The largest absolute Gasteiger partial charge is 0.315 e. The zero-order valence-corrected chi connectivity index (χ0v) is 10.1. The number of non-ortho nitro benzene ring substituents is 1. The van der Waals surface area contributed by atoms with Crippen molar-refractivity contribution in [3.05, 3.63) is 39.7 Å². The van der Waals surface area contributed by atoms with E-state index in [4.69, 9.17) is 0 Å². The van der Waals surface area contributed by atoms with Crippen LogP contribution in [-0.2, 0) is 6.54 Å². The smallest absolute Gasteiger partial charge is 0.272 e. The highest BCUT2D eigenvalue weighted by molar-refractivity contribution is 5.34. The van der Waals surface area contributed by atoms with Crippen molar-refractivity contribution in [1.29, 1.82) is 0 Å². The van der Waals surface area contributed by atoms with Gasteiger partial charge in [0.2, 0.25) is 0 Å². The van der Waals surface area contributed by atoms with E-state index in [-0.39, 0.29) is 5.69 Å². The fourth-order valence-electron chi connectivity index (χ4n) is 2.08. The van der Waals surface area contributed by atoms with Gasteiger partial charge < -0.3 is 5.32 Å². The van der Waals surface area contributed by atoms with Crippen LogP contribution in [0.15, 0.2) is 18.2 Å². The summed E-state index contributed by atoms with van der Waals surface area (Å²) >= 11 is 0. The molecule has 1 aromatic rings. The number of nitro groups is 1. The molecule has 1 N–H and O–H groups in total. The molecule has 1 aliphatic rings. The van der Waals surface area contributed by atoms with Crippen LogP contribution in [0.25, 0.3) is 0 Å². The second-order valence-corrected chi connectivity index (χ2v) is 4.41. The fraction of sp³-hybridized carbons (Fsp3) is 0.500. The second-order valence-electron chi connectivity index (χ2n) is 4.41. The molecule has 1 heterocycles. The monoisotopic (exact) mass is 253 g/mol. The quantitative estimate of drug-likeness (QED) is 0.655. The predicted molar refractivity (Wildman–Crippen MR) is 65.8 cm³/mol. The van der Waals surface area contributed by atoms with Crippen LogP contribution in [0.4, 0.5) is 10.1 Å². The molecule has 1 fully saturated rings. The van der Waals surface area contributed by atoms with Gasteiger partial charge in [0, 0.05) is 31.3 Å². The van der Waals surface area contributed by atoms with Crippen molar-refractivity contribution in [1.82, 2.24) is 10.2 Å². The standard InChI is InChI=1S/C12H16FN3O2/c13-12-8-11(16(17)18)3-2-10(12)9-15-6-1-4-14-5-7-15/h2-3,8,14H,1,4-7,9H2. The Kier molecular flexibility index (Phi) is 4.22. The van der Waals surface area contributed by atoms with Crippen molar-refractivity contribution in [2.24, 2.45) is 0 Å². The molecule has 0 aromatic heterocycles. The van der Waals surface area contributed by atoms with Crippen molar-refractivity contribution in [2.75, 3.05) is 26.2 Å². The summed E-state index contributed by atoms with van der Waals surface area (Å²) in [6.45, 7) is 4.18. The number of benzene rings is 1. The summed E-state index contributed by atoms with van der Waals surface area (Å²) < 4.78 is 13.7. The Bertz CT molecular complexity index is 431. The van der Waals surface area contributed by atoms with Crippen LogP contribution in [0.1, 0.15) is 12.0 Å². The van der Waals surface area contributed by atoms with E-state index in [0.29, 0.717) is 12.1 Å². The third-order valence-corrected chi connectivity index (χ3v) is 3.07. The topological polar surface area (TPSA) is 58.4 Å². The maximum Gasteiger partial charge on any atom is 0.272 e. The summed E-state index contributed by atoms with van der Waals surface area (Å²) in [5, 5.41) is 13.8. The molecule has 18 heavy (non-hydrogen) atoms. The highest BCUT2D eigenvalue weighted by Gasteiger charge is 2.14. The molecule has 98 valence electrons. The van der Waals surface area contributed by atoms with Gasteiger partial charge in [0.25, 0.3) is 5.69 Å². The molecular weight excluding hydrogens is 237 g/mol. The van der Waals surface area contributed by atoms with Crippen LogP contribution in [0, 0.1) is 15.9 Å². The van der Waals surface area contributed by atoms with Crippen LogP contribution in [0.3, 0.4) is 0 Å². The van der Waals surface area contributed by atoms with Crippen molar-refractivity contribution in [3.63, 3.8) is 0 Å². The molecule has 0 saturated carbocycles. The average Bonchev–Trinajstić information content (AvgIpc) is 2.60. The fourth-order valence-corrected chi connectivity index (χ4v) is 2.08. The Hall–Kier alpha value is -1.53. The molecule has 6 heteroatoms. The predicted octanol–water partition coefficient (Wildman–Crippen LogP) is 1.53. The van der Waals surface area contributed by atoms with Gasteiger partial charge in [0.1, 0.15) is 5.82 Å². The van der Waals surface area contributed by atoms with E-state index in [9.17, 15) is 14.5 Å². The molecule has 0 spiro atoms. The minimum Gasteiger partial charge on any atom is -0.315 e. The number of nitro benzene ring substituents is 1. The van der Waals surface area contributed by atoms with Gasteiger partial charge in [-0.15, -0.1) is 0 Å². The molecule has 5 nitrogen and oxygen atoms in total. The van der Waals surface area contributed by atoms with Gasteiger partial charge in [-0.2, -0.15) is 0 Å². The van der Waals surface area contributed by atoms with Gasteiger partial charge in [-0.1, -0.05) is 0 Å². The highest BCUT2D eigenvalue weighted by atomic mass is 19.1. The molecule has 0 aliphatic carbocycles. The Morgan fingerprint density at radius 1 is 1.39 bits per heavy atom. The summed E-state index contributed by atoms with van der Waals surface area (Å²) in [5.74, 6) is -0.499. The zero-order valence-electron chi connectivity index (χ0n) is 10.1. The van der Waals surface area contributed by atoms with E-state index in [1.54, 1.807) is 0 Å². The Balaban J connectivity index is 2.06. The van der Waals surface area contributed by atoms with Crippen molar-refractivity contribution in [2.45, 2.75) is 13.0 Å². The SMILES string of the molecule is O=[N+]([O-])c1ccc(CN2CCCNCC2)c(F)c1. The molecule has 1 saturated heterocycles. The van der Waals surface area contributed by atoms with Crippen LogP contribution in [0.2, 0.25) is 0 Å². The summed E-state index contributed by atoms with van der Waals surface area (Å²) in [6.07, 6.45) is 1.04. The van der Waals surface area contributed by atoms with E-state index < -0.39 is 10.7 Å². The van der Waals surface area contributed by atoms with Crippen molar-refractivity contribution < 1.29 is 9.31 Å².